The number of ether oxygens (including phenoxy) is 1. The van der Waals surface area contributed by atoms with E-state index >= 15 is 0 Å². The van der Waals surface area contributed by atoms with E-state index in [9.17, 15) is 4.79 Å². The first-order valence-corrected chi connectivity index (χ1v) is 12.1. The van der Waals surface area contributed by atoms with E-state index in [4.69, 9.17) is 4.74 Å². The minimum Gasteiger partial charge on any atom is -0.423 e. The fourth-order valence-electron chi connectivity index (χ4n) is 3.80. The third-order valence-corrected chi connectivity index (χ3v) is 7.06. The van der Waals surface area contributed by atoms with Crippen molar-refractivity contribution in [3.63, 3.8) is 0 Å². The number of carbonyl (C=O) groups excluding carboxylic acids is 1. The Kier molecular flexibility index (Phi) is 7.66. The van der Waals surface area contributed by atoms with Crippen LogP contribution in [0.4, 0.5) is 17.1 Å². The summed E-state index contributed by atoms with van der Waals surface area (Å²) in [6, 6.07) is 25.2. The highest BCUT2D eigenvalue weighted by atomic mass is 16.5. The van der Waals surface area contributed by atoms with E-state index in [-0.39, 0.29) is 10.8 Å². The Balaban J connectivity index is 2.03. The molecule has 3 aromatic carbocycles. The van der Waals surface area contributed by atoms with Crippen molar-refractivity contribution in [1.82, 2.24) is 0 Å². The highest BCUT2D eigenvalue weighted by Crippen LogP contribution is 2.38. The van der Waals surface area contributed by atoms with E-state index in [2.05, 4.69) is 102 Å². The van der Waals surface area contributed by atoms with Gasteiger partial charge in [0.25, 0.3) is 0 Å². The van der Waals surface area contributed by atoms with Gasteiger partial charge in [-0.25, -0.2) is 4.79 Å². The molecule has 178 valence electrons. The Morgan fingerprint density at radius 2 is 1.09 bits per heavy atom. The monoisotopic (exact) mass is 455 g/mol. The average molecular weight is 456 g/mol. The predicted octanol–water partition coefficient (Wildman–Crippen LogP) is 8.62. The molecule has 0 amide bonds. The van der Waals surface area contributed by atoms with Crippen LogP contribution in [-0.2, 0) is 15.6 Å². The van der Waals surface area contributed by atoms with Crippen molar-refractivity contribution in [3.05, 3.63) is 96.6 Å². The summed E-state index contributed by atoms with van der Waals surface area (Å²) in [5, 5.41) is 0. The highest BCUT2D eigenvalue weighted by Gasteiger charge is 2.21. The number of anilines is 3. The van der Waals surface area contributed by atoms with Gasteiger partial charge in [-0.3, -0.25) is 0 Å². The molecule has 0 aromatic heterocycles. The smallest absolute Gasteiger partial charge is 0.335 e. The summed E-state index contributed by atoms with van der Waals surface area (Å²) in [5.41, 5.74) is 6.06. The average Bonchev–Trinajstić information content (AvgIpc) is 2.86. The summed E-state index contributed by atoms with van der Waals surface area (Å²) >= 11 is 0. The molecule has 3 heteroatoms. The summed E-state index contributed by atoms with van der Waals surface area (Å²) in [7, 11) is 0. The zero-order valence-corrected chi connectivity index (χ0v) is 21.4. The second kappa shape index (κ2) is 10.3. The molecular weight excluding hydrogens is 418 g/mol. The van der Waals surface area contributed by atoms with Crippen molar-refractivity contribution in [2.24, 2.45) is 0 Å². The molecule has 0 spiro atoms. The van der Waals surface area contributed by atoms with Crippen molar-refractivity contribution in [2.75, 3.05) is 4.90 Å². The maximum atomic E-state index is 11.6. The lowest BCUT2D eigenvalue weighted by atomic mass is 9.82. The van der Waals surface area contributed by atoms with Crippen LogP contribution < -0.4 is 9.64 Å². The van der Waals surface area contributed by atoms with Gasteiger partial charge in [-0.2, -0.15) is 0 Å². The van der Waals surface area contributed by atoms with Crippen molar-refractivity contribution in [2.45, 2.75) is 65.2 Å². The Morgan fingerprint density at radius 1 is 0.735 bits per heavy atom. The number of benzene rings is 3. The molecule has 0 aliphatic heterocycles. The second-order valence-corrected chi connectivity index (χ2v) is 10.0. The lowest BCUT2D eigenvalue weighted by Gasteiger charge is -2.29. The molecule has 3 aromatic rings. The van der Waals surface area contributed by atoms with Gasteiger partial charge in [0.2, 0.25) is 0 Å². The number of carbonyl (C=O) groups is 1. The molecule has 0 heterocycles. The van der Waals surface area contributed by atoms with Crippen LogP contribution in [-0.4, -0.2) is 5.97 Å². The van der Waals surface area contributed by atoms with Gasteiger partial charge in [-0.15, -0.1) is 0 Å². The number of hydrogen-bond donors (Lipinski definition) is 0. The highest BCUT2D eigenvalue weighted by molar-refractivity contribution is 5.83. The van der Waals surface area contributed by atoms with Crippen LogP contribution in [0.25, 0.3) is 0 Å². The molecule has 34 heavy (non-hydrogen) atoms. The van der Waals surface area contributed by atoms with E-state index in [1.165, 1.54) is 17.2 Å². The van der Waals surface area contributed by atoms with Crippen molar-refractivity contribution >= 4 is 23.0 Å². The van der Waals surface area contributed by atoms with Gasteiger partial charge < -0.3 is 9.64 Å². The van der Waals surface area contributed by atoms with Crippen molar-refractivity contribution in [1.29, 1.82) is 0 Å². The Bertz CT molecular complexity index is 1050. The zero-order chi connectivity index (χ0) is 24.9. The lowest BCUT2D eigenvalue weighted by molar-refractivity contribution is -0.128. The van der Waals surface area contributed by atoms with Gasteiger partial charge >= 0.3 is 5.97 Å². The Labute approximate surface area is 205 Å². The van der Waals surface area contributed by atoms with Crippen LogP contribution >= 0.6 is 0 Å². The van der Waals surface area contributed by atoms with Gasteiger partial charge in [-0.1, -0.05) is 72.4 Å². The molecule has 3 nitrogen and oxygen atoms in total. The third kappa shape index (κ3) is 5.59. The quantitative estimate of drug-likeness (QED) is 0.184. The van der Waals surface area contributed by atoms with Crippen molar-refractivity contribution < 1.29 is 9.53 Å². The first kappa shape index (κ1) is 25.3. The van der Waals surface area contributed by atoms with E-state index in [1.54, 1.807) is 0 Å². The summed E-state index contributed by atoms with van der Waals surface area (Å²) < 4.78 is 5.27. The van der Waals surface area contributed by atoms with Gasteiger partial charge in [-0.05, 0) is 83.3 Å². The lowest BCUT2D eigenvalue weighted by Crippen LogP contribution is -2.17. The van der Waals surface area contributed by atoms with E-state index in [0.717, 1.165) is 29.9 Å². The summed E-state index contributed by atoms with van der Waals surface area (Å²) in [4.78, 5) is 13.8. The molecular formula is C31H37NO2. The maximum absolute atomic E-state index is 11.6. The number of rotatable bonds is 9. The molecule has 0 atom stereocenters. The normalized spacial score (nSPS) is 11.7. The molecule has 0 saturated heterocycles. The second-order valence-electron chi connectivity index (χ2n) is 10.0. The third-order valence-electron chi connectivity index (χ3n) is 7.06. The summed E-state index contributed by atoms with van der Waals surface area (Å²) in [6.07, 6.45) is 3.32. The molecule has 0 saturated carbocycles. The zero-order valence-electron chi connectivity index (χ0n) is 21.4. The van der Waals surface area contributed by atoms with E-state index in [0.29, 0.717) is 5.75 Å². The predicted molar refractivity (Wildman–Crippen MR) is 144 cm³/mol. The molecule has 0 aliphatic rings. The molecule has 0 radical (unpaired) electrons. The summed E-state index contributed by atoms with van der Waals surface area (Å²) in [5.74, 6) is 0.0292. The number of esters is 1. The number of hydrogen-bond acceptors (Lipinski definition) is 3. The van der Waals surface area contributed by atoms with Crippen LogP contribution in [0.3, 0.4) is 0 Å². The fourth-order valence-corrected chi connectivity index (χ4v) is 3.80. The van der Waals surface area contributed by atoms with Gasteiger partial charge in [0.15, 0.2) is 0 Å². The van der Waals surface area contributed by atoms with Gasteiger partial charge in [0, 0.05) is 23.1 Å². The van der Waals surface area contributed by atoms with E-state index in [1.807, 2.05) is 24.3 Å². The van der Waals surface area contributed by atoms with E-state index < -0.39 is 5.97 Å². The van der Waals surface area contributed by atoms with Crippen LogP contribution in [0.1, 0.15) is 65.5 Å². The van der Waals surface area contributed by atoms with Crippen LogP contribution in [0, 0.1) is 0 Å². The van der Waals surface area contributed by atoms with Crippen LogP contribution in [0.15, 0.2) is 85.5 Å². The molecule has 0 N–H and O–H groups in total. The maximum Gasteiger partial charge on any atom is 0.335 e. The number of nitrogens with zero attached hydrogens (tertiary/aromatic N) is 1. The first-order chi connectivity index (χ1) is 16.1. The Hall–Kier alpha value is -3.33. The fraction of sp³-hybridized carbons (Fsp3) is 0.323. The van der Waals surface area contributed by atoms with Crippen LogP contribution in [0.5, 0.6) is 5.75 Å². The Morgan fingerprint density at radius 3 is 1.41 bits per heavy atom. The largest absolute Gasteiger partial charge is 0.423 e. The standard InChI is InChI=1S/C31H37NO2/c1-8-29(33)34-28-21-19-27(20-22-28)32(25-15-11-23(12-16-25)30(4,5)9-2)26-17-13-24(14-18-26)31(6,7)10-3/h8,11-22H,1,9-10H2,2-7H3. The molecule has 3 rings (SSSR count). The first-order valence-electron chi connectivity index (χ1n) is 12.1. The minimum absolute atomic E-state index is 0.132. The summed E-state index contributed by atoms with van der Waals surface area (Å²) in [6.45, 7) is 17.0. The minimum atomic E-state index is -0.465. The molecule has 0 unspecified atom stereocenters. The van der Waals surface area contributed by atoms with Gasteiger partial charge in [0.05, 0.1) is 0 Å². The van der Waals surface area contributed by atoms with Crippen molar-refractivity contribution in [3.8, 4) is 5.75 Å². The topological polar surface area (TPSA) is 29.5 Å². The van der Waals surface area contributed by atoms with Crippen LogP contribution in [0.2, 0.25) is 0 Å². The van der Waals surface area contributed by atoms with Gasteiger partial charge in [0.1, 0.15) is 5.75 Å². The SMILES string of the molecule is C=CC(=O)Oc1ccc(N(c2ccc(C(C)(C)CC)cc2)c2ccc(C(C)(C)CC)cc2)cc1. The molecule has 0 fully saturated rings. The molecule has 0 aliphatic carbocycles. The molecule has 0 bridgehead atoms.